The number of piperazine rings is 1. The van der Waals surface area contributed by atoms with Gasteiger partial charge in [-0.25, -0.2) is 0 Å². The van der Waals surface area contributed by atoms with Crippen molar-refractivity contribution in [2.24, 2.45) is 0 Å². The molecule has 31 heavy (non-hydrogen) atoms. The Balaban J connectivity index is 0.00000171. The van der Waals surface area contributed by atoms with E-state index in [4.69, 9.17) is 14.2 Å². The molecule has 2 aliphatic rings. The molecule has 0 bridgehead atoms. The number of Topliss-reactive ketones (excluding diaryl/α,β-unsaturated/α-hetero) is 1. The van der Waals surface area contributed by atoms with Crippen molar-refractivity contribution in [2.45, 2.75) is 12.8 Å². The first-order valence-electron chi connectivity index (χ1n) is 10.3. The second-order valence-corrected chi connectivity index (χ2v) is 7.39. The minimum Gasteiger partial charge on any atom is -0.495 e. The number of methoxy groups -OCH3 is 1. The molecule has 1 fully saturated rings. The minimum absolute atomic E-state index is 0. The number of benzene rings is 2. The Kier molecular flexibility index (Phi) is 9.75. The molecule has 8 heteroatoms. The molecule has 0 amide bonds. The number of hydrogen-bond acceptors (Lipinski definition) is 6. The molecule has 0 aliphatic carbocycles. The van der Waals surface area contributed by atoms with Gasteiger partial charge < -0.3 is 19.1 Å². The number of carbonyl (C=O) groups excluding carboxylic acids is 1. The van der Waals surface area contributed by atoms with Crippen LogP contribution in [-0.2, 0) is 0 Å². The molecule has 1 saturated heterocycles. The van der Waals surface area contributed by atoms with E-state index in [9.17, 15) is 4.79 Å². The van der Waals surface area contributed by atoms with Crippen molar-refractivity contribution >= 4 is 36.3 Å². The van der Waals surface area contributed by atoms with E-state index in [1.165, 1.54) is 0 Å². The van der Waals surface area contributed by atoms with Gasteiger partial charge in [0.2, 0.25) is 0 Å². The van der Waals surface area contributed by atoms with Crippen LogP contribution in [-0.4, -0.2) is 63.7 Å². The van der Waals surface area contributed by atoms with Gasteiger partial charge in [-0.05, 0) is 43.3 Å². The summed E-state index contributed by atoms with van der Waals surface area (Å²) in [6.07, 6.45) is 1.41. The summed E-state index contributed by atoms with van der Waals surface area (Å²) in [7, 11) is 1.72. The molecular weight excluding hydrogens is 439 g/mol. The topological polar surface area (TPSA) is 51.2 Å². The molecule has 0 N–H and O–H groups in total. The summed E-state index contributed by atoms with van der Waals surface area (Å²) in [5.74, 6) is 2.48. The Bertz CT molecular complexity index is 857. The molecule has 0 spiro atoms. The third-order valence-electron chi connectivity index (χ3n) is 5.54. The first-order chi connectivity index (χ1) is 14.2. The Labute approximate surface area is 196 Å². The second kappa shape index (κ2) is 12.0. The quantitative estimate of drug-likeness (QED) is 0.570. The number of rotatable bonds is 7. The molecule has 0 atom stereocenters. The lowest BCUT2D eigenvalue weighted by Crippen LogP contribution is -2.46. The first-order valence-corrected chi connectivity index (χ1v) is 10.3. The number of para-hydroxylation sites is 2. The molecule has 2 aliphatic heterocycles. The van der Waals surface area contributed by atoms with E-state index >= 15 is 0 Å². The van der Waals surface area contributed by atoms with Crippen molar-refractivity contribution in [2.75, 3.05) is 57.9 Å². The Hall–Kier alpha value is -2.15. The average Bonchev–Trinajstić information content (AvgIpc) is 2.79. The third-order valence-corrected chi connectivity index (χ3v) is 5.54. The van der Waals surface area contributed by atoms with Crippen molar-refractivity contribution in [3.05, 3.63) is 48.0 Å². The van der Waals surface area contributed by atoms with Gasteiger partial charge in [0.05, 0.1) is 12.8 Å². The summed E-state index contributed by atoms with van der Waals surface area (Å²) in [6.45, 7) is 5.96. The summed E-state index contributed by atoms with van der Waals surface area (Å²) in [4.78, 5) is 17.3. The molecular formula is C23H30Cl2N2O4. The molecule has 4 rings (SSSR count). The van der Waals surface area contributed by atoms with E-state index in [-0.39, 0.29) is 30.6 Å². The van der Waals surface area contributed by atoms with Crippen LogP contribution in [0.2, 0.25) is 0 Å². The SMILES string of the molecule is COc1ccccc1N1CCN(CCCC(=O)c2ccc3c(c2)OCCO3)CC1.Cl.Cl. The summed E-state index contributed by atoms with van der Waals surface area (Å²) in [5.41, 5.74) is 1.86. The van der Waals surface area contributed by atoms with Gasteiger partial charge in [-0.2, -0.15) is 0 Å². The normalized spacial score (nSPS) is 15.5. The lowest BCUT2D eigenvalue weighted by atomic mass is 10.1. The fraction of sp³-hybridized carbons (Fsp3) is 0.435. The van der Waals surface area contributed by atoms with E-state index in [0.717, 1.165) is 56.3 Å². The predicted octanol–water partition coefficient (Wildman–Crippen LogP) is 4.10. The Morgan fingerprint density at radius 3 is 2.42 bits per heavy atom. The van der Waals surface area contributed by atoms with Gasteiger partial charge in [-0.1, -0.05) is 12.1 Å². The van der Waals surface area contributed by atoms with Gasteiger partial charge in [-0.15, -0.1) is 24.8 Å². The van der Waals surface area contributed by atoms with Crippen molar-refractivity contribution in [1.29, 1.82) is 0 Å². The van der Waals surface area contributed by atoms with E-state index in [0.29, 0.717) is 30.9 Å². The fourth-order valence-electron chi connectivity index (χ4n) is 3.93. The summed E-state index contributed by atoms with van der Waals surface area (Å²) >= 11 is 0. The summed E-state index contributed by atoms with van der Waals surface area (Å²) < 4.78 is 16.6. The molecule has 0 saturated carbocycles. The molecule has 0 unspecified atom stereocenters. The first kappa shape index (κ1) is 25.1. The molecule has 2 aromatic carbocycles. The highest BCUT2D eigenvalue weighted by Crippen LogP contribution is 2.31. The van der Waals surface area contributed by atoms with E-state index in [2.05, 4.69) is 15.9 Å². The Morgan fingerprint density at radius 1 is 0.968 bits per heavy atom. The van der Waals surface area contributed by atoms with Gasteiger partial charge in [0.15, 0.2) is 17.3 Å². The lowest BCUT2D eigenvalue weighted by molar-refractivity contribution is 0.0973. The zero-order chi connectivity index (χ0) is 20.1. The smallest absolute Gasteiger partial charge is 0.163 e. The van der Waals surface area contributed by atoms with Crippen LogP contribution in [0.25, 0.3) is 0 Å². The predicted molar refractivity (Wildman–Crippen MR) is 127 cm³/mol. The van der Waals surface area contributed by atoms with Crippen molar-refractivity contribution in [3.63, 3.8) is 0 Å². The van der Waals surface area contributed by atoms with Gasteiger partial charge in [0, 0.05) is 38.2 Å². The number of ether oxygens (including phenoxy) is 3. The fourth-order valence-corrected chi connectivity index (χ4v) is 3.93. The standard InChI is InChI=1S/C23H28N2O4.2ClH/c1-27-21-7-3-2-5-19(21)25-13-11-24(12-14-25)10-4-6-20(26)18-8-9-22-23(17-18)29-16-15-28-22;;/h2-3,5,7-9,17H,4,6,10-16H2,1H3;2*1H. The third kappa shape index (κ3) is 6.19. The minimum atomic E-state index is 0. The monoisotopic (exact) mass is 468 g/mol. The molecule has 0 radical (unpaired) electrons. The van der Waals surface area contributed by atoms with Crippen LogP contribution in [0.3, 0.4) is 0 Å². The highest BCUT2D eigenvalue weighted by molar-refractivity contribution is 5.96. The van der Waals surface area contributed by atoms with Gasteiger partial charge >= 0.3 is 0 Å². The molecule has 2 heterocycles. The zero-order valence-electron chi connectivity index (χ0n) is 17.7. The summed E-state index contributed by atoms with van der Waals surface area (Å²) in [6, 6.07) is 13.6. The van der Waals surface area contributed by atoms with Gasteiger partial charge in [-0.3, -0.25) is 9.69 Å². The van der Waals surface area contributed by atoms with Crippen LogP contribution < -0.4 is 19.1 Å². The van der Waals surface area contributed by atoms with Crippen LogP contribution in [0.15, 0.2) is 42.5 Å². The number of ketones is 1. The summed E-state index contributed by atoms with van der Waals surface area (Å²) in [5, 5.41) is 0. The van der Waals surface area contributed by atoms with Crippen LogP contribution in [0.1, 0.15) is 23.2 Å². The number of carbonyl (C=O) groups is 1. The number of nitrogens with zero attached hydrogens (tertiary/aromatic N) is 2. The molecule has 0 aromatic heterocycles. The largest absolute Gasteiger partial charge is 0.495 e. The van der Waals surface area contributed by atoms with E-state index in [1.807, 2.05) is 36.4 Å². The molecule has 6 nitrogen and oxygen atoms in total. The van der Waals surface area contributed by atoms with E-state index in [1.54, 1.807) is 7.11 Å². The lowest BCUT2D eigenvalue weighted by Gasteiger charge is -2.36. The zero-order valence-corrected chi connectivity index (χ0v) is 19.4. The number of hydrogen-bond donors (Lipinski definition) is 0. The van der Waals surface area contributed by atoms with Crippen LogP contribution in [0.4, 0.5) is 5.69 Å². The maximum absolute atomic E-state index is 12.5. The van der Waals surface area contributed by atoms with E-state index < -0.39 is 0 Å². The molecule has 170 valence electrons. The Morgan fingerprint density at radius 2 is 1.68 bits per heavy atom. The van der Waals surface area contributed by atoms with Crippen LogP contribution >= 0.6 is 24.8 Å². The highest BCUT2D eigenvalue weighted by Gasteiger charge is 2.20. The second-order valence-electron chi connectivity index (χ2n) is 7.39. The van der Waals surface area contributed by atoms with Crippen LogP contribution in [0, 0.1) is 0 Å². The molecule has 2 aromatic rings. The maximum Gasteiger partial charge on any atom is 0.163 e. The highest BCUT2D eigenvalue weighted by atomic mass is 35.5. The van der Waals surface area contributed by atoms with Crippen molar-refractivity contribution < 1.29 is 19.0 Å². The van der Waals surface area contributed by atoms with Gasteiger partial charge in [0.1, 0.15) is 19.0 Å². The number of halogens is 2. The number of fused-ring (bicyclic) bond motifs is 1. The van der Waals surface area contributed by atoms with Crippen LogP contribution in [0.5, 0.6) is 17.2 Å². The van der Waals surface area contributed by atoms with Crippen molar-refractivity contribution in [3.8, 4) is 17.2 Å². The maximum atomic E-state index is 12.5. The van der Waals surface area contributed by atoms with Crippen molar-refractivity contribution in [1.82, 2.24) is 4.90 Å². The van der Waals surface area contributed by atoms with Gasteiger partial charge in [0.25, 0.3) is 0 Å². The number of anilines is 1. The average molecular weight is 469 g/mol.